The molecular formula is C15H19NO2S. The average Bonchev–Trinajstić information content (AvgIpc) is 2.37. The molecule has 0 aromatic heterocycles. The molecule has 0 aliphatic heterocycles. The van der Waals surface area contributed by atoms with Crippen molar-refractivity contribution in [3.05, 3.63) is 35.4 Å². The van der Waals surface area contributed by atoms with E-state index >= 15 is 0 Å². The molecule has 1 aliphatic rings. The number of hydrogen-bond acceptors (Lipinski definition) is 3. The Bertz CT molecular complexity index is 601. The lowest BCUT2D eigenvalue weighted by Gasteiger charge is -2.32. The monoisotopic (exact) mass is 277 g/mol. The van der Waals surface area contributed by atoms with Crippen molar-refractivity contribution in [1.82, 2.24) is 0 Å². The number of fused-ring (bicyclic) bond motifs is 1. The summed E-state index contributed by atoms with van der Waals surface area (Å²) in [5.74, 6) is 0.179. The molecule has 0 heterocycles. The summed E-state index contributed by atoms with van der Waals surface area (Å²) >= 11 is 0. The Kier molecular flexibility index (Phi) is 3.96. The van der Waals surface area contributed by atoms with E-state index in [1.165, 1.54) is 17.4 Å². The van der Waals surface area contributed by atoms with Gasteiger partial charge in [-0.25, -0.2) is 8.42 Å². The molecule has 2 rings (SSSR count). The van der Waals surface area contributed by atoms with Gasteiger partial charge in [0.15, 0.2) is 0 Å². The Labute approximate surface area is 115 Å². The van der Waals surface area contributed by atoms with Crippen molar-refractivity contribution < 1.29 is 8.42 Å². The van der Waals surface area contributed by atoms with Crippen molar-refractivity contribution in [1.29, 1.82) is 5.26 Å². The Balaban J connectivity index is 2.08. The minimum atomic E-state index is -2.93. The summed E-state index contributed by atoms with van der Waals surface area (Å²) in [6.07, 6.45) is 5.01. The molecule has 0 fully saturated rings. The van der Waals surface area contributed by atoms with E-state index in [1.807, 2.05) is 12.1 Å². The largest absolute Gasteiger partial charge is 0.229 e. The normalized spacial score (nSPS) is 22.5. The molecule has 0 saturated heterocycles. The van der Waals surface area contributed by atoms with Crippen LogP contribution in [0.25, 0.3) is 0 Å². The van der Waals surface area contributed by atoms with Crippen molar-refractivity contribution in [3.63, 3.8) is 0 Å². The third-order valence-corrected chi connectivity index (χ3v) is 4.96. The Morgan fingerprint density at radius 1 is 1.32 bits per heavy atom. The van der Waals surface area contributed by atoms with Gasteiger partial charge in [-0.1, -0.05) is 24.3 Å². The van der Waals surface area contributed by atoms with E-state index in [2.05, 4.69) is 18.2 Å². The second kappa shape index (κ2) is 5.34. The molecule has 1 atom stereocenters. The maximum atomic E-state index is 11.2. The zero-order valence-corrected chi connectivity index (χ0v) is 12.0. The van der Waals surface area contributed by atoms with Gasteiger partial charge in [0, 0.05) is 12.0 Å². The van der Waals surface area contributed by atoms with Crippen LogP contribution in [0.15, 0.2) is 24.3 Å². The fraction of sp³-hybridized carbons (Fsp3) is 0.533. The minimum Gasteiger partial charge on any atom is -0.229 e. The van der Waals surface area contributed by atoms with Crippen molar-refractivity contribution in [2.75, 3.05) is 12.0 Å². The first kappa shape index (κ1) is 14.1. The molecule has 1 aromatic rings. The van der Waals surface area contributed by atoms with Crippen LogP contribution in [0.5, 0.6) is 0 Å². The fourth-order valence-corrected chi connectivity index (χ4v) is 3.51. The van der Waals surface area contributed by atoms with Crippen LogP contribution >= 0.6 is 0 Å². The zero-order valence-electron chi connectivity index (χ0n) is 11.2. The van der Waals surface area contributed by atoms with E-state index in [4.69, 9.17) is 0 Å². The van der Waals surface area contributed by atoms with E-state index in [9.17, 15) is 13.7 Å². The zero-order chi connectivity index (χ0) is 13.9. The number of aryl methyl sites for hydroxylation is 1. The van der Waals surface area contributed by atoms with Crippen LogP contribution in [-0.2, 0) is 22.7 Å². The van der Waals surface area contributed by atoms with E-state index in [-0.39, 0.29) is 11.2 Å². The summed E-state index contributed by atoms with van der Waals surface area (Å²) in [5.41, 5.74) is 2.20. The Hall–Kier alpha value is -1.34. The van der Waals surface area contributed by atoms with E-state index in [1.54, 1.807) is 0 Å². The lowest BCUT2D eigenvalue weighted by molar-refractivity contribution is 0.313. The minimum absolute atomic E-state index is 0.179. The maximum absolute atomic E-state index is 11.2. The maximum Gasteiger partial charge on any atom is 0.147 e. The molecule has 0 N–H and O–H groups in total. The predicted octanol–water partition coefficient (Wildman–Crippen LogP) is 2.51. The van der Waals surface area contributed by atoms with Gasteiger partial charge in [-0.3, -0.25) is 0 Å². The molecule has 1 aliphatic carbocycles. The van der Waals surface area contributed by atoms with E-state index < -0.39 is 9.84 Å². The lowest BCUT2D eigenvalue weighted by Crippen LogP contribution is -2.28. The first-order valence-corrected chi connectivity index (χ1v) is 8.66. The van der Waals surface area contributed by atoms with Gasteiger partial charge in [-0.05, 0) is 43.2 Å². The molecule has 19 heavy (non-hydrogen) atoms. The quantitative estimate of drug-likeness (QED) is 0.849. The van der Waals surface area contributed by atoms with Gasteiger partial charge < -0.3 is 0 Å². The molecule has 102 valence electrons. The summed E-state index contributed by atoms with van der Waals surface area (Å²) in [7, 11) is -2.93. The number of nitriles is 1. The second-order valence-electron chi connectivity index (χ2n) is 5.57. The topological polar surface area (TPSA) is 57.9 Å². The molecule has 1 unspecified atom stereocenters. The molecule has 1 aromatic carbocycles. The molecule has 4 heteroatoms. The van der Waals surface area contributed by atoms with Crippen LogP contribution in [0.2, 0.25) is 0 Å². The van der Waals surface area contributed by atoms with Gasteiger partial charge in [0.2, 0.25) is 0 Å². The first-order valence-electron chi connectivity index (χ1n) is 6.60. The first-order chi connectivity index (χ1) is 8.94. The van der Waals surface area contributed by atoms with Crippen LogP contribution in [0, 0.1) is 16.7 Å². The molecule has 3 nitrogen and oxygen atoms in total. The van der Waals surface area contributed by atoms with Crippen molar-refractivity contribution >= 4 is 9.84 Å². The third kappa shape index (κ3) is 3.57. The highest BCUT2D eigenvalue weighted by molar-refractivity contribution is 7.90. The second-order valence-corrected chi connectivity index (χ2v) is 7.83. The SMILES string of the molecule is CS(=O)(=O)CCCC1(C#N)CCc2ccccc2C1. The van der Waals surface area contributed by atoms with Gasteiger partial charge in [0.05, 0.1) is 11.5 Å². The van der Waals surface area contributed by atoms with Gasteiger partial charge in [0.25, 0.3) is 0 Å². The van der Waals surface area contributed by atoms with Gasteiger partial charge >= 0.3 is 0 Å². The molecular weight excluding hydrogens is 258 g/mol. The van der Waals surface area contributed by atoms with Crippen LogP contribution in [0.1, 0.15) is 30.4 Å². The number of nitrogens with zero attached hydrogens (tertiary/aromatic N) is 1. The Morgan fingerprint density at radius 2 is 2.00 bits per heavy atom. The summed E-state index contributed by atoms with van der Waals surface area (Å²) in [5, 5.41) is 9.50. The molecule has 0 saturated carbocycles. The van der Waals surface area contributed by atoms with Crippen LogP contribution < -0.4 is 0 Å². The van der Waals surface area contributed by atoms with Gasteiger partial charge in [0.1, 0.15) is 9.84 Å². The smallest absolute Gasteiger partial charge is 0.147 e. The molecule has 0 amide bonds. The van der Waals surface area contributed by atoms with Crippen LogP contribution in [0.4, 0.5) is 0 Å². The van der Waals surface area contributed by atoms with E-state index in [0.29, 0.717) is 12.8 Å². The predicted molar refractivity (Wildman–Crippen MR) is 75.5 cm³/mol. The summed E-state index contributed by atoms with van der Waals surface area (Å²) < 4.78 is 22.4. The van der Waals surface area contributed by atoms with Gasteiger partial charge in [-0.2, -0.15) is 5.26 Å². The third-order valence-electron chi connectivity index (χ3n) is 3.93. The average molecular weight is 277 g/mol. The lowest BCUT2D eigenvalue weighted by atomic mass is 9.70. The summed E-state index contributed by atoms with van der Waals surface area (Å²) in [6, 6.07) is 10.7. The molecule has 0 bridgehead atoms. The number of sulfone groups is 1. The van der Waals surface area contributed by atoms with Crippen LogP contribution in [-0.4, -0.2) is 20.4 Å². The summed E-state index contributed by atoms with van der Waals surface area (Å²) in [4.78, 5) is 0. The number of rotatable bonds is 4. The number of benzene rings is 1. The molecule has 0 radical (unpaired) electrons. The highest BCUT2D eigenvalue weighted by Crippen LogP contribution is 2.38. The highest BCUT2D eigenvalue weighted by Gasteiger charge is 2.34. The van der Waals surface area contributed by atoms with Crippen molar-refractivity contribution in [2.45, 2.75) is 32.1 Å². The van der Waals surface area contributed by atoms with E-state index in [0.717, 1.165) is 19.3 Å². The number of hydrogen-bond donors (Lipinski definition) is 0. The van der Waals surface area contributed by atoms with Crippen molar-refractivity contribution in [2.24, 2.45) is 5.41 Å². The highest BCUT2D eigenvalue weighted by atomic mass is 32.2. The summed E-state index contributed by atoms with van der Waals surface area (Å²) in [6.45, 7) is 0. The van der Waals surface area contributed by atoms with Crippen LogP contribution in [0.3, 0.4) is 0 Å². The molecule has 0 spiro atoms. The van der Waals surface area contributed by atoms with Crippen molar-refractivity contribution in [3.8, 4) is 6.07 Å². The fourth-order valence-electron chi connectivity index (χ4n) is 2.84. The van der Waals surface area contributed by atoms with Gasteiger partial charge in [-0.15, -0.1) is 0 Å². The Morgan fingerprint density at radius 3 is 2.63 bits per heavy atom. The standard InChI is InChI=1S/C15H19NO2S/c1-19(17,18)10-4-8-15(12-16)9-7-13-5-2-3-6-14(13)11-15/h2-3,5-6H,4,7-11H2,1H3.